The van der Waals surface area contributed by atoms with Crippen LogP contribution in [-0.2, 0) is 4.79 Å². The van der Waals surface area contributed by atoms with Crippen molar-refractivity contribution in [3.63, 3.8) is 0 Å². The Hall–Kier alpha value is -0.870. The van der Waals surface area contributed by atoms with Gasteiger partial charge in [0.15, 0.2) is 0 Å². The number of nitrogens with one attached hydrogen (secondary N) is 2. The van der Waals surface area contributed by atoms with Gasteiger partial charge in [-0.15, -0.1) is 0 Å². The number of carbonyl (C=O) groups excluding carboxylic acids is 1. The van der Waals surface area contributed by atoms with E-state index in [0.29, 0.717) is 24.4 Å². The van der Waals surface area contributed by atoms with Gasteiger partial charge >= 0.3 is 0 Å². The van der Waals surface area contributed by atoms with E-state index >= 15 is 0 Å². The average molecular weight is 309 g/mol. The second-order valence-electron chi connectivity index (χ2n) is 5.29. The fourth-order valence-corrected chi connectivity index (χ4v) is 3.08. The van der Waals surface area contributed by atoms with Crippen LogP contribution < -0.4 is 10.6 Å². The quantitative estimate of drug-likeness (QED) is 0.898. The highest BCUT2D eigenvalue weighted by atomic mass is 79.9. The highest BCUT2D eigenvalue weighted by Crippen LogP contribution is 2.37. The first-order valence-electron chi connectivity index (χ1n) is 6.49. The fraction of sp³-hybridized carbons (Fsp3) is 0.500. The van der Waals surface area contributed by atoms with Gasteiger partial charge < -0.3 is 10.6 Å². The van der Waals surface area contributed by atoms with E-state index < -0.39 is 0 Å². The first kappa shape index (κ1) is 12.2. The van der Waals surface area contributed by atoms with E-state index in [0.717, 1.165) is 11.0 Å². The molecule has 1 amide bonds. The normalized spacial score (nSPS) is 30.9. The molecule has 96 valence electrons. The number of carbonyl (C=O) groups is 1. The second kappa shape index (κ2) is 5.02. The minimum absolute atomic E-state index is 0.177. The number of hydrogen-bond acceptors (Lipinski definition) is 2. The molecule has 3 nitrogen and oxygen atoms in total. The third-order valence-corrected chi connectivity index (χ3v) is 4.46. The van der Waals surface area contributed by atoms with Gasteiger partial charge in [0.25, 0.3) is 0 Å². The highest BCUT2D eigenvalue weighted by molar-refractivity contribution is 9.10. The van der Waals surface area contributed by atoms with Crippen LogP contribution in [0.15, 0.2) is 28.7 Å². The molecular weight excluding hydrogens is 292 g/mol. The van der Waals surface area contributed by atoms with E-state index in [4.69, 9.17) is 0 Å². The molecule has 0 aromatic heterocycles. The summed E-state index contributed by atoms with van der Waals surface area (Å²) in [5.41, 5.74) is 1.43. The van der Waals surface area contributed by atoms with Crippen LogP contribution in [0.25, 0.3) is 0 Å². The van der Waals surface area contributed by atoms with E-state index in [1.807, 2.05) is 0 Å². The fourth-order valence-electron chi connectivity index (χ4n) is 2.82. The Balaban J connectivity index is 1.48. The molecule has 1 saturated carbocycles. The van der Waals surface area contributed by atoms with E-state index in [9.17, 15) is 4.79 Å². The van der Waals surface area contributed by atoms with Crippen LogP contribution in [0, 0.1) is 0 Å². The maximum absolute atomic E-state index is 11.1. The highest BCUT2D eigenvalue weighted by Gasteiger charge is 2.33. The van der Waals surface area contributed by atoms with Gasteiger partial charge in [0.2, 0.25) is 5.91 Å². The minimum Gasteiger partial charge on any atom is -0.354 e. The summed E-state index contributed by atoms with van der Waals surface area (Å²) in [5.74, 6) is 0.858. The molecule has 2 fully saturated rings. The maximum Gasteiger partial charge on any atom is 0.221 e. The van der Waals surface area contributed by atoms with Crippen LogP contribution in [0.1, 0.15) is 30.7 Å². The molecule has 1 saturated heterocycles. The van der Waals surface area contributed by atoms with Crippen molar-refractivity contribution in [2.75, 3.05) is 6.54 Å². The van der Waals surface area contributed by atoms with E-state index in [2.05, 4.69) is 50.8 Å². The zero-order chi connectivity index (χ0) is 12.5. The predicted molar refractivity (Wildman–Crippen MR) is 74.5 cm³/mol. The zero-order valence-corrected chi connectivity index (χ0v) is 11.7. The largest absolute Gasteiger partial charge is 0.354 e. The molecule has 0 bridgehead atoms. The van der Waals surface area contributed by atoms with Crippen molar-refractivity contribution >= 4 is 21.8 Å². The summed E-state index contributed by atoms with van der Waals surface area (Å²) in [6.07, 6.45) is 3.01. The van der Waals surface area contributed by atoms with Gasteiger partial charge in [0.1, 0.15) is 0 Å². The summed E-state index contributed by atoms with van der Waals surface area (Å²) in [6.45, 7) is 0.790. The summed E-state index contributed by atoms with van der Waals surface area (Å²) in [6, 6.07) is 9.53. The van der Waals surface area contributed by atoms with Gasteiger partial charge in [-0.2, -0.15) is 0 Å². The van der Waals surface area contributed by atoms with Crippen molar-refractivity contribution in [2.24, 2.45) is 0 Å². The molecule has 18 heavy (non-hydrogen) atoms. The van der Waals surface area contributed by atoms with Gasteiger partial charge in [-0.1, -0.05) is 28.1 Å². The molecule has 4 heteroatoms. The van der Waals surface area contributed by atoms with E-state index in [1.54, 1.807) is 0 Å². The average Bonchev–Trinajstić information content (AvgIpc) is 2.71. The Bertz CT molecular complexity index is 440. The maximum atomic E-state index is 11.1. The standard InChI is InChI=1S/C14H17BrN2O/c15-11-3-1-9(2-4-11)10-5-12(6-10)17-13-7-14(18)16-8-13/h1-4,10,12-13,17H,5-8H2,(H,16,18). The monoisotopic (exact) mass is 308 g/mol. The van der Waals surface area contributed by atoms with Crippen molar-refractivity contribution in [1.82, 2.24) is 10.6 Å². The molecular formula is C14H17BrN2O. The van der Waals surface area contributed by atoms with Crippen molar-refractivity contribution in [2.45, 2.75) is 37.3 Å². The number of benzene rings is 1. The SMILES string of the molecule is O=C1CC(NC2CC(c3ccc(Br)cc3)C2)CN1. The van der Waals surface area contributed by atoms with Crippen LogP contribution in [0.5, 0.6) is 0 Å². The number of hydrogen-bond donors (Lipinski definition) is 2. The molecule has 3 rings (SSSR count). The number of rotatable bonds is 3. The van der Waals surface area contributed by atoms with Crippen molar-refractivity contribution in [3.8, 4) is 0 Å². The van der Waals surface area contributed by atoms with Gasteiger partial charge in [-0.3, -0.25) is 4.79 Å². The summed E-state index contributed by atoms with van der Waals surface area (Å²) in [5, 5.41) is 6.43. The van der Waals surface area contributed by atoms with Crippen molar-refractivity contribution < 1.29 is 4.79 Å². The lowest BCUT2D eigenvalue weighted by Gasteiger charge is -2.38. The van der Waals surface area contributed by atoms with Gasteiger partial charge in [0, 0.05) is 29.5 Å². The Kier molecular flexibility index (Phi) is 3.39. The molecule has 1 atom stereocenters. The third kappa shape index (κ3) is 2.59. The Morgan fingerprint density at radius 2 is 1.89 bits per heavy atom. The lowest BCUT2D eigenvalue weighted by atomic mass is 9.75. The van der Waals surface area contributed by atoms with Crippen LogP contribution in [0.4, 0.5) is 0 Å². The van der Waals surface area contributed by atoms with Crippen LogP contribution in [0.2, 0.25) is 0 Å². The Morgan fingerprint density at radius 3 is 2.50 bits per heavy atom. The first-order valence-corrected chi connectivity index (χ1v) is 7.28. The lowest BCUT2D eigenvalue weighted by molar-refractivity contribution is -0.119. The Morgan fingerprint density at radius 1 is 1.17 bits per heavy atom. The van der Waals surface area contributed by atoms with Crippen LogP contribution in [0.3, 0.4) is 0 Å². The summed E-state index contributed by atoms with van der Waals surface area (Å²) in [4.78, 5) is 11.1. The van der Waals surface area contributed by atoms with Crippen molar-refractivity contribution in [3.05, 3.63) is 34.3 Å². The molecule has 1 aliphatic carbocycles. The number of halogens is 1. The molecule has 1 aromatic rings. The molecule has 2 N–H and O–H groups in total. The topological polar surface area (TPSA) is 41.1 Å². The van der Waals surface area contributed by atoms with Gasteiger partial charge in [-0.25, -0.2) is 0 Å². The van der Waals surface area contributed by atoms with Crippen molar-refractivity contribution in [1.29, 1.82) is 0 Å². The van der Waals surface area contributed by atoms with Crippen LogP contribution in [-0.4, -0.2) is 24.5 Å². The molecule has 0 spiro atoms. The summed E-state index contributed by atoms with van der Waals surface area (Å²) >= 11 is 3.46. The molecule has 0 radical (unpaired) electrons. The number of amides is 1. The summed E-state index contributed by atoms with van der Waals surface area (Å²) < 4.78 is 1.13. The molecule has 1 heterocycles. The second-order valence-corrected chi connectivity index (χ2v) is 6.20. The zero-order valence-electron chi connectivity index (χ0n) is 10.2. The first-order chi connectivity index (χ1) is 8.70. The Labute approximate surface area is 115 Å². The van der Waals surface area contributed by atoms with E-state index in [1.165, 1.54) is 18.4 Å². The van der Waals surface area contributed by atoms with E-state index in [-0.39, 0.29) is 5.91 Å². The molecule has 1 aliphatic heterocycles. The smallest absolute Gasteiger partial charge is 0.221 e. The third-order valence-electron chi connectivity index (χ3n) is 3.93. The van der Waals surface area contributed by atoms with Gasteiger partial charge in [-0.05, 0) is 36.5 Å². The molecule has 2 aliphatic rings. The predicted octanol–water partition coefficient (Wildman–Crippen LogP) is 2.17. The summed E-state index contributed by atoms with van der Waals surface area (Å²) in [7, 11) is 0. The molecule has 1 unspecified atom stereocenters. The lowest BCUT2D eigenvalue weighted by Crippen LogP contribution is -2.46. The van der Waals surface area contributed by atoms with Crippen LogP contribution >= 0.6 is 15.9 Å². The van der Waals surface area contributed by atoms with Gasteiger partial charge in [0.05, 0.1) is 0 Å². The minimum atomic E-state index is 0.177. The molecule has 1 aromatic carbocycles.